The average molecular weight is 482 g/mol. The number of ether oxygens (including phenoxy) is 3. The number of morpholine rings is 2. The van der Waals surface area contributed by atoms with E-state index in [1.165, 1.54) is 0 Å². The predicted molar refractivity (Wildman–Crippen MR) is 130 cm³/mol. The van der Waals surface area contributed by atoms with Crippen LogP contribution in [0.1, 0.15) is 5.82 Å². The zero-order valence-electron chi connectivity index (χ0n) is 20.0. The molecule has 0 radical (unpaired) electrons. The minimum absolute atomic E-state index is 0.0411. The molecule has 1 N–H and O–H groups in total. The SMILES string of the molecule is Cn1c(COC(=O)NCCN2CCOCC2)nc2c(N3CCOCC3)nc(-c3ccccc3)nc21. The second-order valence-electron chi connectivity index (χ2n) is 8.55. The van der Waals surface area contributed by atoms with Crippen LogP contribution in [-0.2, 0) is 27.9 Å². The predicted octanol–water partition coefficient (Wildman–Crippen LogP) is 1.43. The zero-order valence-corrected chi connectivity index (χ0v) is 20.0. The molecule has 0 aliphatic carbocycles. The summed E-state index contributed by atoms with van der Waals surface area (Å²) < 4.78 is 18.2. The van der Waals surface area contributed by atoms with E-state index in [0.717, 1.165) is 57.3 Å². The van der Waals surface area contributed by atoms with Gasteiger partial charge in [-0.3, -0.25) is 4.90 Å². The summed E-state index contributed by atoms with van der Waals surface area (Å²) in [5, 5.41) is 2.82. The molecule has 5 rings (SSSR count). The van der Waals surface area contributed by atoms with Crippen LogP contribution >= 0.6 is 0 Å². The quantitative estimate of drug-likeness (QED) is 0.536. The van der Waals surface area contributed by atoms with Crippen LogP contribution in [0.15, 0.2) is 30.3 Å². The number of rotatable bonds is 7. The minimum atomic E-state index is -0.463. The van der Waals surface area contributed by atoms with E-state index in [1.54, 1.807) is 0 Å². The molecule has 2 aliphatic heterocycles. The number of nitrogens with zero attached hydrogens (tertiary/aromatic N) is 6. The Bertz CT molecular complexity index is 1140. The van der Waals surface area contributed by atoms with E-state index in [-0.39, 0.29) is 6.61 Å². The number of alkyl carbamates (subject to hydrolysis) is 1. The van der Waals surface area contributed by atoms with Gasteiger partial charge in [0.05, 0.1) is 26.4 Å². The van der Waals surface area contributed by atoms with Gasteiger partial charge in [-0.15, -0.1) is 0 Å². The number of aryl methyl sites for hydroxylation is 1. The van der Waals surface area contributed by atoms with Crippen molar-refractivity contribution in [2.45, 2.75) is 6.61 Å². The maximum Gasteiger partial charge on any atom is 0.407 e. The zero-order chi connectivity index (χ0) is 24.0. The Morgan fingerprint density at radius 1 is 1.00 bits per heavy atom. The average Bonchev–Trinajstić information content (AvgIpc) is 3.24. The molecule has 0 spiro atoms. The molecular weight excluding hydrogens is 450 g/mol. The molecule has 1 amide bonds. The van der Waals surface area contributed by atoms with E-state index in [2.05, 4.69) is 15.1 Å². The highest BCUT2D eigenvalue weighted by Crippen LogP contribution is 2.28. The summed E-state index contributed by atoms with van der Waals surface area (Å²) in [7, 11) is 1.88. The fourth-order valence-electron chi connectivity index (χ4n) is 4.25. The summed E-state index contributed by atoms with van der Waals surface area (Å²) >= 11 is 0. The van der Waals surface area contributed by atoms with Crippen LogP contribution in [0, 0.1) is 0 Å². The van der Waals surface area contributed by atoms with Gasteiger partial charge in [0.15, 0.2) is 29.4 Å². The van der Waals surface area contributed by atoms with Gasteiger partial charge in [-0.1, -0.05) is 30.3 Å². The lowest BCUT2D eigenvalue weighted by atomic mass is 10.2. The maximum atomic E-state index is 12.3. The van der Waals surface area contributed by atoms with Crippen LogP contribution < -0.4 is 10.2 Å². The van der Waals surface area contributed by atoms with Crippen LogP contribution in [0.3, 0.4) is 0 Å². The van der Waals surface area contributed by atoms with Crippen LogP contribution in [0.2, 0.25) is 0 Å². The smallest absolute Gasteiger partial charge is 0.407 e. The molecule has 0 unspecified atom stereocenters. The number of benzene rings is 1. The molecule has 0 bridgehead atoms. The van der Waals surface area contributed by atoms with Gasteiger partial charge in [-0.25, -0.2) is 19.7 Å². The van der Waals surface area contributed by atoms with Gasteiger partial charge < -0.3 is 29.0 Å². The second kappa shape index (κ2) is 11.0. The third-order valence-corrected chi connectivity index (χ3v) is 6.27. The van der Waals surface area contributed by atoms with Crippen LogP contribution in [0.4, 0.5) is 10.6 Å². The summed E-state index contributed by atoms with van der Waals surface area (Å²) in [5.41, 5.74) is 2.33. The van der Waals surface area contributed by atoms with Crippen molar-refractivity contribution in [3.63, 3.8) is 0 Å². The normalized spacial score (nSPS) is 17.0. The summed E-state index contributed by atoms with van der Waals surface area (Å²) in [6, 6.07) is 9.89. The molecule has 2 aromatic heterocycles. The first-order chi connectivity index (χ1) is 17.2. The fourth-order valence-corrected chi connectivity index (χ4v) is 4.25. The number of anilines is 1. The molecule has 11 nitrogen and oxygen atoms in total. The lowest BCUT2D eigenvalue weighted by Crippen LogP contribution is -2.41. The van der Waals surface area contributed by atoms with Crippen LogP contribution in [-0.4, -0.2) is 96.2 Å². The molecule has 11 heteroatoms. The van der Waals surface area contributed by atoms with Crippen molar-refractivity contribution in [1.29, 1.82) is 0 Å². The van der Waals surface area contributed by atoms with Gasteiger partial charge in [0.1, 0.15) is 5.82 Å². The Morgan fingerprint density at radius 2 is 1.71 bits per heavy atom. The number of hydrogen-bond donors (Lipinski definition) is 1. The number of hydrogen-bond acceptors (Lipinski definition) is 9. The first-order valence-corrected chi connectivity index (χ1v) is 12.0. The van der Waals surface area contributed by atoms with Gasteiger partial charge in [0, 0.05) is 51.9 Å². The summed E-state index contributed by atoms with van der Waals surface area (Å²) in [6.45, 7) is 7.31. The molecule has 0 atom stereocenters. The molecule has 2 saturated heterocycles. The molecule has 4 heterocycles. The van der Waals surface area contributed by atoms with Crippen molar-refractivity contribution in [2.75, 3.05) is 70.6 Å². The lowest BCUT2D eigenvalue weighted by Gasteiger charge is -2.28. The summed E-state index contributed by atoms with van der Waals surface area (Å²) in [5.74, 6) is 2.02. The summed E-state index contributed by atoms with van der Waals surface area (Å²) in [4.78, 5) is 31.2. The lowest BCUT2D eigenvalue weighted by molar-refractivity contribution is 0.0382. The summed E-state index contributed by atoms with van der Waals surface area (Å²) in [6.07, 6.45) is -0.463. The van der Waals surface area contributed by atoms with Crippen molar-refractivity contribution >= 4 is 23.1 Å². The fraction of sp³-hybridized carbons (Fsp3) is 0.500. The van der Waals surface area contributed by atoms with Crippen molar-refractivity contribution < 1.29 is 19.0 Å². The van der Waals surface area contributed by atoms with E-state index >= 15 is 0 Å². The highest BCUT2D eigenvalue weighted by molar-refractivity contribution is 5.86. The van der Waals surface area contributed by atoms with E-state index in [0.29, 0.717) is 42.6 Å². The van der Waals surface area contributed by atoms with Gasteiger partial charge in [0.25, 0.3) is 0 Å². The molecule has 2 fully saturated rings. The van der Waals surface area contributed by atoms with E-state index in [4.69, 9.17) is 29.2 Å². The molecule has 186 valence electrons. The van der Waals surface area contributed by atoms with Crippen molar-refractivity contribution in [3.05, 3.63) is 36.2 Å². The van der Waals surface area contributed by atoms with Gasteiger partial charge in [0.2, 0.25) is 0 Å². The Hall–Kier alpha value is -3.28. The molecule has 2 aliphatic rings. The van der Waals surface area contributed by atoms with Crippen LogP contribution in [0.5, 0.6) is 0 Å². The maximum absolute atomic E-state index is 12.3. The number of imidazole rings is 1. The monoisotopic (exact) mass is 481 g/mol. The van der Waals surface area contributed by atoms with E-state index in [1.807, 2.05) is 41.9 Å². The number of carbonyl (C=O) groups excluding carboxylic acids is 1. The van der Waals surface area contributed by atoms with Crippen molar-refractivity contribution in [2.24, 2.45) is 7.05 Å². The number of carbonyl (C=O) groups is 1. The Morgan fingerprint density at radius 3 is 2.46 bits per heavy atom. The number of amides is 1. The topological polar surface area (TPSA) is 107 Å². The van der Waals surface area contributed by atoms with Crippen LogP contribution in [0.25, 0.3) is 22.6 Å². The Kier molecular flexibility index (Phi) is 7.36. The standard InChI is InChI=1S/C24H31N7O4/c1-29-19(17-35-24(32)25-7-8-30-9-13-33-14-10-30)26-20-22(29)27-21(18-5-3-2-4-6-18)28-23(20)31-11-15-34-16-12-31/h2-6H,7-17H2,1H3,(H,25,32). The third-order valence-electron chi connectivity index (χ3n) is 6.27. The van der Waals surface area contributed by atoms with Gasteiger partial charge >= 0.3 is 6.09 Å². The van der Waals surface area contributed by atoms with E-state index < -0.39 is 6.09 Å². The van der Waals surface area contributed by atoms with Gasteiger partial charge in [-0.05, 0) is 0 Å². The number of nitrogens with one attached hydrogen (secondary N) is 1. The largest absolute Gasteiger partial charge is 0.441 e. The highest BCUT2D eigenvalue weighted by atomic mass is 16.5. The molecular formula is C24H31N7O4. The Labute approximate surface area is 204 Å². The molecule has 3 aromatic rings. The minimum Gasteiger partial charge on any atom is -0.441 e. The first kappa shape index (κ1) is 23.5. The molecule has 0 saturated carbocycles. The van der Waals surface area contributed by atoms with Gasteiger partial charge in [-0.2, -0.15) is 0 Å². The molecule has 35 heavy (non-hydrogen) atoms. The third kappa shape index (κ3) is 5.53. The first-order valence-electron chi connectivity index (χ1n) is 12.0. The molecule has 1 aromatic carbocycles. The second-order valence-corrected chi connectivity index (χ2v) is 8.55. The van der Waals surface area contributed by atoms with E-state index in [9.17, 15) is 4.79 Å². The highest BCUT2D eigenvalue weighted by Gasteiger charge is 2.23. The number of aromatic nitrogens is 4. The van der Waals surface area contributed by atoms with Crippen molar-refractivity contribution in [3.8, 4) is 11.4 Å². The Balaban J connectivity index is 1.32. The number of fused-ring (bicyclic) bond motifs is 1. The van der Waals surface area contributed by atoms with Crippen molar-refractivity contribution in [1.82, 2.24) is 29.7 Å².